The average Bonchev–Trinajstić information content (AvgIpc) is 2.80. The summed E-state index contributed by atoms with van der Waals surface area (Å²) in [6.45, 7) is 8.32. The molecule has 1 fully saturated rings. The summed E-state index contributed by atoms with van der Waals surface area (Å²) >= 11 is 0. The van der Waals surface area contributed by atoms with E-state index in [0.29, 0.717) is 12.0 Å². The summed E-state index contributed by atoms with van der Waals surface area (Å²) in [4.78, 5) is 2.44. The van der Waals surface area contributed by atoms with Gasteiger partial charge in [-0.05, 0) is 31.3 Å². The van der Waals surface area contributed by atoms with Gasteiger partial charge in [0.05, 0.1) is 12.2 Å². The number of hydrogen-bond donors (Lipinski definition) is 1. The van der Waals surface area contributed by atoms with Crippen molar-refractivity contribution >= 4 is 0 Å². The highest BCUT2D eigenvalue weighted by molar-refractivity contribution is 5.05. The molecule has 0 amide bonds. The van der Waals surface area contributed by atoms with Crippen molar-refractivity contribution in [3.05, 3.63) is 17.5 Å². The largest absolute Gasteiger partial charge is 0.360 e. The smallest absolute Gasteiger partial charge is 0.151 e. The predicted molar refractivity (Wildman–Crippen MR) is 67.3 cm³/mol. The Labute approximate surface area is 103 Å². The van der Waals surface area contributed by atoms with Gasteiger partial charge in [0.2, 0.25) is 0 Å². The SMILES string of the molecule is CCC1(C)CCN(Cc2cc(CN)no2)CC1. The van der Waals surface area contributed by atoms with Crippen LogP contribution in [0.3, 0.4) is 0 Å². The minimum atomic E-state index is 0.456. The maximum absolute atomic E-state index is 5.51. The third kappa shape index (κ3) is 3.07. The highest BCUT2D eigenvalue weighted by Gasteiger charge is 2.28. The molecule has 4 heteroatoms. The van der Waals surface area contributed by atoms with Crippen molar-refractivity contribution in [2.75, 3.05) is 13.1 Å². The number of rotatable bonds is 4. The van der Waals surface area contributed by atoms with Gasteiger partial charge in [-0.15, -0.1) is 0 Å². The molecule has 4 nitrogen and oxygen atoms in total. The van der Waals surface area contributed by atoms with E-state index in [0.717, 1.165) is 31.1 Å². The van der Waals surface area contributed by atoms with Gasteiger partial charge in [0.1, 0.15) is 0 Å². The van der Waals surface area contributed by atoms with Crippen molar-refractivity contribution in [1.29, 1.82) is 0 Å². The topological polar surface area (TPSA) is 55.3 Å². The molecular weight excluding hydrogens is 214 g/mol. The lowest BCUT2D eigenvalue weighted by Crippen LogP contribution is -2.37. The van der Waals surface area contributed by atoms with E-state index in [1.54, 1.807) is 0 Å². The molecule has 2 heterocycles. The lowest BCUT2D eigenvalue weighted by Gasteiger charge is -2.38. The fraction of sp³-hybridized carbons (Fsp3) is 0.769. The molecule has 0 saturated carbocycles. The van der Waals surface area contributed by atoms with E-state index in [1.165, 1.54) is 19.3 Å². The molecule has 1 saturated heterocycles. The first kappa shape index (κ1) is 12.6. The van der Waals surface area contributed by atoms with Crippen LogP contribution in [0.2, 0.25) is 0 Å². The summed E-state index contributed by atoms with van der Waals surface area (Å²) in [5.41, 5.74) is 6.90. The van der Waals surface area contributed by atoms with Crippen molar-refractivity contribution in [2.24, 2.45) is 11.1 Å². The second-order valence-electron chi connectivity index (χ2n) is 5.43. The van der Waals surface area contributed by atoms with Gasteiger partial charge in [0.25, 0.3) is 0 Å². The van der Waals surface area contributed by atoms with Crippen LogP contribution >= 0.6 is 0 Å². The Morgan fingerprint density at radius 3 is 2.71 bits per heavy atom. The zero-order valence-electron chi connectivity index (χ0n) is 10.9. The van der Waals surface area contributed by atoms with E-state index in [4.69, 9.17) is 10.3 Å². The quantitative estimate of drug-likeness (QED) is 0.871. The number of aromatic nitrogens is 1. The molecule has 0 unspecified atom stereocenters. The molecule has 0 radical (unpaired) electrons. The molecule has 0 bridgehead atoms. The normalized spacial score (nSPS) is 20.6. The van der Waals surface area contributed by atoms with E-state index < -0.39 is 0 Å². The summed E-state index contributed by atoms with van der Waals surface area (Å²) in [5.74, 6) is 0.936. The molecule has 2 N–H and O–H groups in total. The molecule has 0 aromatic carbocycles. The van der Waals surface area contributed by atoms with Crippen molar-refractivity contribution in [1.82, 2.24) is 10.1 Å². The van der Waals surface area contributed by atoms with E-state index in [-0.39, 0.29) is 0 Å². The Hall–Kier alpha value is -0.870. The van der Waals surface area contributed by atoms with Gasteiger partial charge < -0.3 is 10.3 Å². The standard InChI is InChI=1S/C13H23N3O/c1-3-13(2)4-6-16(7-5-13)10-12-8-11(9-14)15-17-12/h8H,3-7,9-10,14H2,1-2H3. The minimum Gasteiger partial charge on any atom is -0.360 e. The van der Waals surface area contributed by atoms with Crippen molar-refractivity contribution < 1.29 is 4.52 Å². The van der Waals surface area contributed by atoms with E-state index in [1.807, 2.05) is 6.07 Å². The average molecular weight is 237 g/mol. The summed E-state index contributed by atoms with van der Waals surface area (Å²) < 4.78 is 5.26. The summed E-state index contributed by atoms with van der Waals surface area (Å²) in [6.07, 6.45) is 3.84. The highest BCUT2D eigenvalue weighted by Crippen LogP contribution is 2.34. The van der Waals surface area contributed by atoms with Crippen LogP contribution in [-0.4, -0.2) is 23.1 Å². The van der Waals surface area contributed by atoms with Gasteiger partial charge in [0, 0.05) is 12.6 Å². The monoisotopic (exact) mass is 237 g/mol. The van der Waals surface area contributed by atoms with Crippen LogP contribution in [0.25, 0.3) is 0 Å². The maximum Gasteiger partial charge on any atom is 0.151 e. The first-order valence-electron chi connectivity index (χ1n) is 6.52. The van der Waals surface area contributed by atoms with Gasteiger partial charge in [-0.1, -0.05) is 25.4 Å². The molecule has 0 aliphatic carbocycles. The molecule has 96 valence electrons. The van der Waals surface area contributed by atoms with Crippen molar-refractivity contribution in [3.8, 4) is 0 Å². The molecule has 1 aromatic rings. The first-order valence-corrected chi connectivity index (χ1v) is 6.52. The van der Waals surface area contributed by atoms with Gasteiger partial charge >= 0.3 is 0 Å². The minimum absolute atomic E-state index is 0.456. The van der Waals surface area contributed by atoms with E-state index >= 15 is 0 Å². The zero-order chi connectivity index (χ0) is 12.3. The Kier molecular flexibility index (Phi) is 3.84. The maximum atomic E-state index is 5.51. The fourth-order valence-electron chi connectivity index (χ4n) is 2.35. The number of nitrogens with two attached hydrogens (primary N) is 1. The predicted octanol–water partition coefficient (Wildman–Crippen LogP) is 2.15. The lowest BCUT2D eigenvalue weighted by molar-refractivity contribution is 0.102. The number of piperidine rings is 1. The third-order valence-electron chi connectivity index (χ3n) is 4.11. The molecule has 1 aliphatic heterocycles. The molecule has 1 aromatic heterocycles. The van der Waals surface area contributed by atoms with Gasteiger partial charge in [-0.2, -0.15) is 0 Å². The molecule has 0 atom stereocenters. The van der Waals surface area contributed by atoms with Crippen molar-refractivity contribution in [3.63, 3.8) is 0 Å². The van der Waals surface area contributed by atoms with Gasteiger partial charge in [-0.25, -0.2) is 0 Å². The summed E-state index contributed by atoms with van der Waals surface area (Å²) in [5, 5.41) is 3.92. The Morgan fingerprint density at radius 1 is 1.47 bits per heavy atom. The van der Waals surface area contributed by atoms with Crippen LogP contribution in [0.1, 0.15) is 44.6 Å². The van der Waals surface area contributed by atoms with Crippen LogP contribution in [0.15, 0.2) is 10.6 Å². The Balaban J connectivity index is 1.85. The van der Waals surface area contributed by atoms with Crippen LogP contribution in [-0.2, 0) is 13.1 Å². The Bertz CT molecular complexity index is 353. The number of nitrogens with zero attached hydrogens (tertiary/aromatic N) is 2. The highest BCUT2D eigenvalue weighted by atomic mass is 16.5. The summed E-state index contributed by atoms with van der Waals surface area (Å²) in [7, 11) is 0. The first-order chi connectivity index (χ1) is 8.15. The van der Waals surface area contributed by atoms with Gasteiger partial charge in [0.15, 0.2) is 5.76 Å². The lowest BCUT2D eigenvalue weighted by atomic mass is 9.78. The Morgan fingerprint density at radius 2 is 2.18 bits per heavy atom. The van der Waals surface area contributed by atoms with Crippen LogP contribution in [0.4, 0.5) is 0 Å². The van der Waals surface area contributed by atoms with E-state index in [9.17, 15) is 0 Å². The summed E-state index contributed by atoms with van der Waals surface area (Å²) in [6, 6.07) is 1.97. The molecule has 17 heavy (non-hydrogen) atoms. The second-order valence-corrected chi connectivity index (χ2v) is 5.43. The number of hydrogen-bond acceptors (Lipinski definition) is 4. The second kappa shape index (κ2) is 5.19. The van der Waals surface area contributed by atoms with Crippen LogP contribution in [0, 0.1) is 5.41 Å². The molecule has 1 aliphatic rings. The zero-order valence-corrected chi connectivity index (χ0v) is 10.9. The third-order valence-corrected chi connectivity index (χ3v) is 4.11. The fourth-order valence-corrected chi connectivity index (χ4v) is 2.35. The van der Waals surface area contributed by atoms with Crippen LogP contribution < -0.4 is 5.73 Å². The molecule has 0 spiro atoms. The molecule has 2 rings (SSSR count). The van der Waals surface area contributed by atoms with Crippen molar-refractivity contribution in [2.45, 2.75) is 46.2 Å². The number of likely N-dealkylation sites (tertiary alicyclic amines) is 1. The van der Waals surface area contributed by atoms with Gasteiger partial charge in [-0.3, -0.25) is 4.90 Å². The van der Waals surface area contributed by atoms with Crippen LogP contribution in [0.5, 0.6) is 0 Å². The van der Waals surface area contributed by atoms with E-state index in [2.05, 4.69) is 23.9 Å². The molecular formula is C13H23N3O.